The third kappa shape index (κ3) is 13.5. The fourth-order valence-corrected chi connectivity index (χ4v) is 3.90. The standard InChI is InChI=1S/C26H45NO2/c1-3-5-7-9-11-14-18-23(26(29)27-24-19-15-13-16-20-24)22-25(28)21-17-12-10-8-6-4-2/h13,15-16,19-20,23,25,28H,3-12,14,17-18,21-22H2,1-2H3,(H,27,29). The maximum Gasteiger partial charge on any atom is 0.227 e. The van der Waals surface area contributed by atoms with Gasteiger partial charge >= 0.3 is 0 Å². The Kier molecular flexibility index (Phi) is 15.5. The number of anilines is 1. The topological polar surface area (TPSA) is 49.3 Å². The number of amides is 1. The minimum absolute atomic E-state index is 0.0618. The molecular weight excluding hydrogens is 358 g/mol. The number of aliphatic hydroxyl groups excluding tert-OH is 1. The van der Waals surface area contributed by atoms with Gasteiger partial charge in [-0.25, -0.2) is 0 Å². The van der Waals surface area contributed by atoms with E-state index in [2.05, 4.69) is 19.2 Å². The van der Waals surface area contributed by atoms with E-state index in [-0.39, 0.29) is 17.9 Å². The fraction of sp³-hybridized carbons (Fsp3) is 0.731. The summed E-state index contributed by atoms with van der Waals surface area (Å²) in [5.74, 6) is -0.0387. The van der Waals surface area contributed by atoms with Gasteiger partial charge in [-0.05, 0) is 31.4 Å². The first-order valence-electron chi connectivity index (χ1n) is 12.2. The average molecular weight is 404 g/mol. The molecule has 3 heteroatoms. The van der Waals surface area contributed by atoms with Crippen molar-refractivity contribution < 1.29 is 9.90 Å². The Hall–Kier alpha value is -1.35. The van der Waals surface area contributed by atoms with Crippen LogP contribution in [0.3, 0.4) is 0 Å². The van der Waals surface area contributed by atoms with Gasteiger partial charge in [0.25, 0.3) is 0 Å². The molecule has 0 fully saturated rings. The number of para-hydroxylation sites is 1. The lowest BCUT2D eigenvalue weighted by Gasteiger charge is -2.20. The molecule has 166 valence electrons. The van der Waals surface area contributed by atoms with Crippen molar-refractivity contribution in [3.63, 3.8) is 0 Å². The molecular formula is C26H45NO2. The Morgan fingerprint density at radius 3 is 1.90 bits per heavy atom. The molecule has 0 saturated carbocycles. The zero-order chi connectivity index (χ0) is 21.2. The summed E-state index contributed by atoms with van der Waals surface area (Å²) in [5.41, 5.74) is 0.843. The third-order valence-corrected chi connectivity index (χ3v) is 5.77. The van der Waals surface area contributed by atoms with Gasteiger partial charge in [0.15, 0.2) is 0 Å². The van der Waals surface area contributed by atoms with Crippen molar-refractivity contribution in [1.29, 1.82) is 0 Å². The van der Waals surface area contributed by atoms with E-state index in [9.17, 15) is 9.90 Å². The van der Waals surface area contributed by atoms with Crippen molar-refractivity contribution in [3.05, 3.63) is 30.3 Å². The van der Waals surface area contributed by atoms with Crippen molar-refractivity contribution in [2.75, 3.05) is 5.32 Å². The van der Waals surface area contributed by atoms with Crippen LogP contribution in [0.2, 0.25) is 0 Å². The van der Waals surface area contributed by atoms with E-state index in [1.807, 2.05) is 30.3 Å². The minimum atomic E-state index is -0.368. The molecule has 0 saturated heterocycles. The van der Waals surface area contributed by atoms with Crippen molar-refractivity contribution in [2.45, 2.75) is 116 Å². The summed E-state index contributed by atoms with van der Waals surface area (Å²) >= 11 is 0. The van der Waals surface area contributed by atoms with E-state index in [1.54, 1.807) is 0 Å². The van der Waals surface area contributed by atoms with Crippen molar-refractivity contribution in [1.82, 2.24) is 0 Å². The first-order chi connectivity index (χ1) is 14.2. The van der Waals surface area contributed by atoms with Gasteiger partial charge in [-0.2, -0.15) is 0 Å². The molecule has 0 radical (unpaired) electrons. The van der Waals surface area contributed by atoms with Gasteiger partial charge < -0.3 is 10.4 Å². The molecule has 2 unspecified atom stereocenters. The van der Waals surface area contributed by atoms with Crippen LogP contribution in [0.15, 0.2) is 30.3 Å². The molecule has 3 nitrogen and oxygen atoms in total. The van der Waals surface area contributed by atoms with Gasteiger partial charge in [0.05, 0.1) is 6.10 Å². The number of hydrogen-bond acceptors (Lipinski definition) is 2. The molecule has 1 amide bonds. The van der Waals surface area contributed by atoms with Crippen LogP contribution in [0.5, 0.6) is 0 Å². The molecule has 1 rings (SSSR count). The van der Waals surface area contributed by atoms with E-state index in [0.29, 0.717) is 6.42 Å². The predicted octanol–water partition coefficient (Wildman–Crippen LogP) is 7.49. The van der Waals surface area contributed by atoms with Gasteiger partial charge in [-0.1, -0.05) is 109 Å². The van der Waals surface area contributed by atoms with Crippen LogP contribution in [0.25, 0.3) is 0 Å². The molecule has 0 heterocycles. The van der Waals surface area contributed by atoms with Gasteiger partial charge in [-0.15, -0.1) is 0 Å². The van der Waals surface area contributed by atoms with Gasteiger partial charge in [0.2, 0.25) is 5.91 Å². The normalized spacial score (nSPS) is 13.2. The molecule has 1 aromatic carbocycles. The van der Waals surface area contributed by atoms with E-state index < -0.39 is 0 Å². The highest BCUT2D eigenvalue weighted by molar-refractivity contribution is 5.92. The molecule has 0 aromatic heterocycles. The number of rotatable bonds is 18. The lowest BCUT2D eigenvalue weighted by atomic mass is 9.91. The number of nitrogens with one attached hydrogen (secondary N) is 1. The molecule has 0 spiro atoms. The number of carbonyl (C=O) groups is 1. The first-order valence-corrected chi connectivity index (χ1v) is 12.2. The summed E-state index contributed by atoms with van der Waals surface area (Å²) in [6.45, 7) is 4.46. The smallest absolute Gasteiger partial charge is 0.227 e. The van der Waals surface area contributed by atoms with Crippen LogP contribution in [0, 0.1) is 5.92 Å². The molecule has 2 N–H and O–H groups in total. The summed E-state index contributed by atoms with van der Waals surface area (Å²) in [5, 5.41) is 13.6. The lowest BCUT2D eigenvalue weighted by molar-refractivity contribution is -0.121. The molecule has 0 aliphatic rings. The fourth-order valence-electron chi connectivity index (χ4n) is 3.90. The summed E-state index contributed by atoms with van der Waals surface area (Å²) < 4.78 is 0. The van der Waals surface area contributed by atoms with Crippen LogP contribution < -0.4 is 5.32 Å². The Labute approximate surface area is 179 Å². The van der Waals surface area contributed by atoms with E-state index in [0.717, 1.165) is 31.4 Å². The zero-order valence-electron chi connectivity index (χ0n) is 19.0. The third-order valence-electron chi connectivity index (χ3n) is 5.77. The Morgan fingerprint density at radius 2 is 1.31 bits per heavy atom. The first kappa shape index (κ1) is 25.7. The number of aliphatic hydroxyl groups is 1. The predicted molar refractivity (Wildman–Crippen MR) is 125 cm³/mol. The quantitative estimate of drug-likeness (QED) is 0.249. The Balaban J connectivity index is 2.42. The van der Waals surface area contributed by atoms with Crippen molar-refractivity contribution >= 4 is 11.6 Å². The zero-order valence-corrected chi connectivity index (χ0v) is 19.0. The second kappa shape index (κ2) is 17.5. The number of unbranched alkanes of at least 4 members (excludes halogenated alkanes) is 10. The molecule has 0 aliphatic carbocycles. The molecule has 29 heavy (non-hydrogen) atoms. The molecule has 2 atom stereocenters. The maximum atomic E-state index is 12.8. The molecule has 0 aliphatic heterocycles. The molecule has 1 aromatic rings. The van der Waals surface area contributed by atoms with Gasteiger partial charge in [0.1, 0.15) is 0 Å². The summed E-state index contributed by atoms with van der Waals surface area (Å²) in [7, 11) is 0. The Bertz CT molecular complexity index is 503. The Morgan fingerprint density at radius 1 is 0.793 bits per heavy atom. The van der Waals surface area contributed by atoms with Crippen LogP contribution in [-0.2, 0) is 4.79 Å². The van der Waals surface area contributed by atoms with Gasteiger partial charge in [0, 0.05) is 11.6 Å². The number of benzene rings is 1. The highest BCUT2D eigenvalue weighted by atomic mass is 16.3. The monoisotopic (exact) mass is 403 g/mol. The maximum absolute atomic E-state index is 12.8. The van der Waals surface area contributed by atoms with E-state index >= 15 is 0 Å². The number of hydrogen-bond donors (Lipinski definition) is 2. The van der Waals surface area contributed by atoms with Crippen LogP contribution in [0.1, 0.15) is 110 Å². The van der Waals surface area contributed by atoms with Crippen LogP contribution in [0.4, 0.5) is 5.69 Å². The largest absolute Gasteiger partial charge is 0.393 e. The van der Waals surface area contributed by atoms with Gasteiger partial charge in [-0.3, -0.25) is 4.79 Å². The summed E-state index contributed by atoms with van der Waals surface area (Å²) in [4.78, 5) is 12.8. The SMILES string of the molecule is CCCCCCCCC(O)CC(CCCCCCCC)C(=O)Nc1ccccc1. The highest BCUT2D eigenvalue weighted by Crippen LogP contribution is 2.22. The van der Waals surface area contributed by atoms with Crippen LogP contribution in [-0.4, -0.2) is 17.1 Å². The van der Waals surface area contributed by atoms with E-state index in [1.165, 1.54) is 64.2 Å². The van der Waals surface area contributed by atoms with Crippen LogP contribution >= 0.6 is 0 Å². The highest BCUT2D eigenvalue weighted by Gasteiger charge is 2.22. The lowest BCUT2D eigenvalue weighted by Crippen LogP contribution is -2.27. The summed E-state index contributed by atoms with van der Waals surface area (Å²) in [6.07, 6.45) is 16.6. The van der Waals surface area contributed by atoms with E-state index in [4.69, 9.17) is 0 Å². The average Bonchev–Trinajstić information content (AvgIpc) is 2.73. The van der Waals surface area contributed by atoms with Crippen molar-refractivity contribution in [2.24, 2.45) is 5.92 Å². The second-order valence-electron chi connectivity index (χ2n) is 8.55. The number of carbonyl (C=O) groups excluding carboxylic acids is 1. The second-order valence-corrected chi connectivity index (χ2v) is 8.55. The molecule has 0 bridgehead atoms. The van der Waals surface area contributed by atoms with Crippen molar-refractivity contribution in [3.8, 4) is 0 Å². The minimum Gasteiger partial charge on any atom is -0.393 e. The summed E-state index contributed by atoms with van der Waals surface area (Å²) in [6, 6.07) is 9.67.